The van der Waals surface area contributed by atoms with Crippen molar-refractivity contribution in [2.24, 2.45) is 11.8 Å². The summed E-state index contributed by atoms with van der Waals surface area (Å²) in [4.78, 5) is 0. The van der Waals surface area contributed by atoms with Gasteiger partial charge in [-0.3, -0.25) is 0 Å². The molecule has 85 valence electrons. The SMILES string of the molecule is CCCCC(C)[CH]C(CC)CCCC. The quantitative estimate of drug-likeness (QED) is 0.474. The Hall–Kier alpha value is 0. The molecule has 0 amide bonds. The number of hydrogen-bond donors (Lipinski definition) is 0. The molecule has 0 aromatic carbocycles. The van der Waals surface area contributed by atoms with Crippen molar-refractivity contribution < 1.29 is 0 Å². The van der Waals surface area contributed by atoms with Gasteiger partial charge in [0.25, 0.3) is 0 Å². The molecule has 0 fully saturated rings. The van der Waals surface area contributed by atoms with Crippen LogP contribution in [0.3, 0.4) is 0 Å². The molecule has 0 saturated carbocycles. The van der Waals surface area contributed by atoms with Crippen LogP contribution in [0.4, 0.5) is 0 Å². The molecule has 0 saturated heterocycles. The summed E-state index contributed by atoms with van der Waals surface area (Å²) in [6, 6.07) is 0. The minimum atomic E-state index is 0.830. The van der Waals surface area contributed by atoms with Crippen molar-refractivity contribution >= 4 is 0 Å². The number of unbranched alkanes of at least 4 members (excludes halogenated alkanes) is 2. The van der Waals surface area contributed by atoms with Crippen molar-refractivity contribution in [3.63, 3.8) is 0 Å². The first-order valence-corrected chi connectivity index (χ1v) is 6.59. The van der Waals surface area contributed by atoms with Gasteiger partial charge >= 0.3 is 0 Å². The van der Waals surface area contributed by atoms with E-state index in [1.165, 1.54) is 44.9 Å². The molecule has 0 nitrogen and oxygen atoms in total. The van der Waals surface area contributed by atoms with E-state index in [1.54, 1.807) is 0 Å². The molecule has 0 rings (SSSR count). The van der Waals surface area contributed by atoms with Gasteiger partial charge in [0.1, 0.15) is 0 Å². The average Bonchev–Trinajstić information content (AvgIpc) is 2.21. The lowest BCUT2D eigenvalue weighted by molar-refractivity contribution is 0.433. The third-order valence-electron chi connectivity index (χ3n) is 3.07. The molecule has 0 N–H and O–H groups in total. The van der Waals surface area contributed by atoms with E-state index in [0.29, 0.717) is 0 Å². The third-order valence-corrected chi connectivity index (χ3v) is 3.07. The summed E-state index contributed by atoms with van der Waals surface area (Å²) < 4.78 is 0. The maximum Gasteiger partial charge on any atom is -0.0327 e. The lowest BCUT2D eigenvalue weighted by Crippen LogP contribution is -2.07. The Morgan fingerprint density at radius 2 is 1.50 bits per heavy atom. The van der Waals surface area contributed by atoms with Gasteiger partial charge in [-0.25, -0.2) is 0 Å². The topological polar surface area (TPSA) is 0 Å². The molecule has 0 aliphatic carbocycles. The van der Waals surface area contributed by atoms with E-state index >= 15 is 0 Å². The third kappa shape index (κ3) is 7.41. The van der Waals surface area contributed by atoms with Gasteiger partial charge in [0.2, 0.25) is 0 Å². The zero-order valence-corrected chi connectivity index (χ0v) is 10.7. The molecule has 0 heteroatoms. The van der Waals surface area contributed by atoms with Crippen molar-refractivity contribution in [2.75, 3.05) is 0 Å². The highest BCUT2D eigenvalue weighted by molar-refractivity contribution is 4.80. The van der Waals surface area contributed by atoms with Crippen LogP contribution in [0, 0.1) is 18.3 Å². The Kier molecular flexibility index (Phi) is 9.55. The van der Waals surface area contributed by atoms with Crippen molar-refractivity contribution in [2.45, 2.75) is 72.6 Å². The molecule has 0 aliphatic heterocycles. The molecular formula is C14H29. The van der Waals surface area contributed by atoms with Crippen LogP contribution >= 0.6 is 0 Å². The van der Waals surface area contributed by atoms with Crippen LogP contribution in [-0.2, 0) is 0 Å². The fourth-order valence-electron chi connectivity index (χ4n) is 1.99. The highest BCUT2D eigenvalue weighted by Crippen LogP contribution is 2.23. The van der Waals surface area contributed by atoms with Crippen molar-refractivity contribution in [1.82, 2.24) is 0 Å². The molecule has 0 aromatic rings. The maximum atomic E-state index is 2.60. The summed E-state index contributed by atoms with van der Waals surface area (Å²) in [7, 11) is 0. The first-order chi connectivity index (χ1) is 6.74. The Labute approximate surface area is 91.5 Å². The Morgan fingerprint density at radius 1 is 0.929 bits per heavy atom. The molecule has 0 aliphatic rings. The smallest absolute Gasteiger partial charge is 0.0327 e. The number of hydrogen-bond acceptors (Lipinski definition) is 0. The van der Waals surface area contributed by atoms with Gasteiger partial charge in [0.15, 0.2) is 0 Å². The van der Waals surface area contributed by atoms with E-state index in [9.17, 15) is 0 Å². The Morgan fingerprint density at radius 3 is 2.00 bits per heavy atom. The van der Waals surface area contributed by atoms with Gasteiger partial charge < -0.3 is 0 Å². The molecule has 1 radical (unpaired) electrons. The number of rotatable bonds is 9. The molecule has 0 heterocycles. The minimum absolute atomic E-state index is 0.830. The summed E-state index contributed by atoms with van der Waals surface area (Å²) in [6.45, 7) is 9.27. The lowest BCUT2D eigenvalue weighted by atomic mass is 9.87. The second-order valence-electron chi connectivity index (χ2n) is 4.62. The average molecular weight is 197 g/mol. The van der Waals surface area contributed by atoms with Crippen LogP contribution in [-0.4, -0.2) is 0 Å². The molecule has 0 spiro atoms. The first kappa shape index (κ1) is 14.0. The van der Waals surface area contributed by atoms with Gasteiger partial charge in [0, 0.05) is 0 Å². The molecule has 2 unspecified atom stereocenters. The fourth-order valence-corrected chi connectivity index (χ4v) is 1.99. The Bertz CT molecular complexity index is 107. The maximum absolute atomic E-state index is 2.60. The van der Waals surface area contributed by atoms with E-state index in [-0.39, 0.29) is 0 Å². The van der Waals surface area contributed by atoms with Crippen LogP contribution in [0.1, 0.15) is 72.6 Å². The molecule has 0 bridgehead atoms. The standard InChI is InChI=1S/C14H29/c1-5-8-10-13(4)12-14(7-3)11-9-6-2/h12-14H,5-11H2,1-4H3. The minimum Gasteiger partial charge on any atom is -0.0654 e. The van der Waals surface area contributed by atoms with Gasteiger partial charge in [-0.1, -0.05) is 72.6 Å². The second-order valence-corrected chi connectivity index (χ2v) is 4.62. The molecule has 2 atom stereocenters. The fraction of sp³-hybridized carbons (Fsp3) is 0.929. The highest BCUT2D eigenvalue weighted by Gasteiger charge is 2.10. The molecular weight excluding hydrogens is 168 g/mol. The van der Waals surface area contributed by atoms with Crippen LogP contribution in [0.15, 0.2) is 0 Å². The second kappa shape index (κ2) is 9.55. The summed E-state index contributed by atoms with van der Waals surface area (Å²) in [6.07, 6.45) is 12.2. The van der Waals surface area contributed by atoms with Crippen molar-refractivity contribution in [3.8, 4) is 0 Å². The van der Waals surface area contributed by atoms with E-state index in [4.69, 9.17) is 0 Å². The monoisotopic (exact) mass is 197 g/mol. The molecule has 14 heavy (non-hydrogen) atoms. The van der Waals surface area contributed by atoms with Gasteiger partial charge in [0.05, 0.1) is 0 Å². The van der Waals surface area contributed by atoms with Crippen LogP contribution < -0.4 is 0 Å². The summed E-state index contributed by atoms with van der Waals surface area (Å²) >= 11 is 0. The summed E-state index contributed by atoms with van der Waals surface area (Å²) in [5.74, 6) is 1.71. The normalized spacial score (nSPS) is 15.4. The predicted molar refractivity (Wildman–Crippen MR) is 66.3 cm³/mol. The van der Waals surface area contributed by atoms with Crippen molar-refractivity contribution in [1.29, 1.82) is 0 Å². The van der Waals surface area contributed by atoms with Crippen molar-refractivity contribution in [3.05, 3.63) is 6.42 Å². The van der Waals surface area contributed by atoms with E-state index in [0.717, 1.165) is 11.8 Å². The van der Waals surface area contributed by atoms with E-state index in [1.807, 2.05) is 0 Å². The highest BCUT2D eigenvalue weighted by atomic mass is 14.2. The molecule has 0 aromatic heterocycles. The van der Waals surface area contributed by atoms with Crippen LogP contribution in [0.25, 0.3) is 0 Å². The van der Waals surface area contributed by atoms with Crippen LogP contribution in [0.2, 0.25) is 0 Å². The first-order valence-electron chi connectivity index (χ1n) is 6.59. The summed E-state index contributed by atoms with van der Waals surface area (Å²) in [5.41, 5.74) is 0. The lowest BCUT2D eigenvalue weighted by Gasteiger charge is -2.18. The van der Waals surface area contributed by atoms with E-state index in [2.05, 4.69) is 34.1 Å². The van der Waals surface area contributed by atoms with Crippen LogP contribution in [0.5, 0.6) is 0 Å². The predicted octanol–water partition coefficient (Wildman–Crippen LogP) is 5.23. The van der Waals surface area contributed by atoms with Gasteiger partial charge in [-0.15, -0.1) is 0 Å². The zero-order valence-electron chi connectivity index (χ0n) is 10.7. The Balaban J connectivity index is 3.57. The summed E-state index contributed by atoms with van der Waals surface area (Å²) in [5, 5.41) is 0. The zero-order chi connectivity index (χ0) is 10.8. The van der Waals surface area contributed by atoms with E-state index < -0.39 is 0 Å². The van der Waals surface area contributed by atoms with Gasteiger partial charge in [-0.05, 0) is 18.3 Å². The van der Waals surface area contributed by atoms with Gasteiger partial charge in [-0.2, -0.15) is 0 Å². The largest absolute Gasteiger partial charge is 0.0654 e.